The predicted molar refractivity (Wildman–Crippen MR) is 103 cm³/mol. The van der Waals surface area contributed by atoms with E-state index in [1.165, 1.54) is 18.4 Å². The van der Waals surface area contributed by atoms with Gasteiger partial charge in [-0.2, -0.15) is 0 Å². The Kier molecular flexibility index (Phi) is 5.16. The van der Waals surface area contributed by atoms with E-state index >= 15 is 0 Å². The van der Waals surface area contributed by atoms with Crippen molar-refractivity contribution in [2.75, 3.05) is 24.5 Å². The highest BCUT2D eigenvalue weighted by molar-refractivity contribution is 5.95. The Morgan fingerprint density at radius 2 is 1.96 bits per heavy atom. The molecular weight excluding hydrogens is 324 g/mol. The van der Waals surface area contributed by atoms with Gasteiger partial charge in [0.25, 0.3) is 5.91 Å². The molecule has 136 valence electrons. The van der Waals surface area contributed by atoms with E-state index in [1.54, 1.807) is 6.20 Å². The first kappa shape index (κ1) is 17.0. The van der Waals surface area contributed by atoms with Crippen molar-refractivity contribution in [2.24, 2.45) is 0 Å². The molecular formula is C21H26N4O. The van der Waals surface area contributed by atoms with Crippen LogP contribution in [-0.4, -0.2) is 36.6 Å². The molecule has 5 heteroatoms. The highest BCUT2D eigenvalue weighted by atomic mass is 16.1. The second kappa shape index (κ2) is 7.87. The minimum Gasteiger partial charge on any atom is -0.353 e. The molecule has 2 aliphatic rings. The van der Waals surface area contributed by atoms with Gasteiger partial charge >= 0.3 is 0 Å². The van der Waals surface area contributed by atoms with Crippen molar-refractivity contribution in [3.8, 4) is 0 Å². The van der Waals surface area contributed by atoms with Gasteiger partial charge in [-0.3, -0.25) is 4.79 Å². The normalized spacial score (nSPS) is 20.9. The van der Waals surface area contributed by atoms with Crippen LogP contribution < -0.4 is 15.5 Å². The third-order valence-electron chi connectivity index (χ3n) is 5.40. The lowest BCUT2D eigenvalue weighted by Gasteiger charge is -2.35. The quantitative estimate of drug-likeness (QED) is 0.890. The molecule has 4 rings (SSSR count). The summed E-state index contributed by atoms with van der Waals surface area (Å²) in [5.74, 6) is 0.904. The fourth-order valence-electron chi connectivity index (χ4n) is 3.94. The van der Waals surface area contributed by atoms with Crippen molar-refractivity contribution in [3.63, 3.8) is 0 Å². The van der Waals surface area contributed by atoms with Crippen molar-refractivity contribution >= 4 is 11.7 Å². The lowest BCUT2D eigenvalue weighted by Crippen LogP contribution is -2.46. The van der Waals surface area contributed by atoms with E-state index in [9.17, 15) is 4.79 Å². The molecule has 2 aromatic rings. The molecule has 1 aliphatic carbocycles. The standard InChI is InChI=1S/C21H26N4O/c26-21(24-18-8-4-5-9-18)17-10-11-23-20(14-17)25-13-12-22-19(15-25)16-6-2-1-3-7-16/h1-3,6-7,10-11,14,18-19,22H,4-5,8-9,12-13,15H2,(H,24,26)/t19-/m1/s1. The van der Waals surface area contributed by atoms with Crippen LogP contribution in [0.15, 0.2) is 48.7 Å². The maximum Gasteiger partial charge on any atom is 0.251 e. The zero-order valence-electron chi connectivity index (χ0n) is 15.0. The van der Waals surface area contributed by atoms with Crippen LogP contribution in [0.4, 0.5) is 5.82 Å². The maximum absolute atomic E-state index is 12.6. The molecule has 0 unspecified atom stereocenters. The molecule has 1 aliphatic heterocycles. The minimum atomic E-state index is 0.0234. The summed E-state index contributed by atoms with van der Waals surface area (Å²) in [4.78, 5) is 19.3. The monoisotopic (exact) mass is 350 g/mol. The molecule has 5 nitrogen and oxygen atoms in total. The predicted octanol–water partition coefficient (Wildman–Crippen LogP) is 2.90. The first-order valence-corrected chi connectivity index (χ1v) is 9.60. The number of carbonyl (C=O) groups excluding carboxylic acids is 1. The Morgan fingerprint density at radius 1 is 1.15 bits per heavy atom. The number of pyridine rings is 1. The number of rotatable bonds is 4. The zero-order chi connectivity index (χ0) is 17.8. The first-order chi connectivity index (χ1) is 12.8. The van der Waals surface area contributed by atoms with Crippen LogP contribution in [0.25, 0.3) is 0 Å². The molecule has 2 N–H and O–H groups in total. The fraction of sp³-hybridized carbons (Fsp3) is 0.429. The number of hydrogen-bond acceptors (Lipinski definition) is 4. The Hall–Kier alpha value is -2.40. The van der Waals surface area contributed by atoms with Gasteiger partial charge in [0, 0.05) is 43.5 Å². The number of nitrogens with one attached hydrogen (secondary N) is 2. The van der Waals surface area contributed by atoms with Crippen molar-refractivity contribution in [1.29, 1.82) is 0 Å². The topological polar surface area (TPSA) is 57.3 Å². The Labute approximate surface area is 154 Å². The molecule has 1 aromatic heterocycles. The molecule has 1 amide bonds. The lowest BCUT2D eigenvalue weighted by molar-refractivity contribution is 0.0938. The summed E-state index contributed by atoms with van der Waals surface area (Å²) in [5, 5.41) is 6.73. The van der Waals surface area contributed by atoms with Crippen LogP contribution in [0.2, 0.25) is 0 Å². The Morgan fingerprint density at radius 3 is 2.77 bits per heavy atom. The molecule has 0 bridgehead atoms. The maximum atomic E-state index is 12.6. The van der Waals surface area contributed by atoms with Crippen molar-refractivity contribution in [2.45, 2.75) is 37.8 Å². The number of benzene rings is 1. The van der Waals surface area contributed by atoms with Gasteiger partial charge in [-0.15, -0.1) is 0 Å². The number of anilines is 1. The zero-order valence-corrected chi connectivity index (χ0v) is 15.0. The van der Waals surface area contributed by atoms with Crippen molar-refractivity contribution in [1.82, 2.24) is 15.6 Å². The number of nitrogens with zero attached hydrogens (tertiary/aromatic N) is 2. The van der Waals surface area contributed by atoms with Gasteiger partial charge in [-0.25, -0.2) is 4.98 Å². The van der Waals surface area contributed by atoms with E-state index in [0.717, 1.165) is 38.3 Å². The van der Waals surface area contributed by atoms with Gasteiger partial charge in [0.1, 0.15) is 5.82 Å². The summed E-state index contributed by atoms with van der Waals surface area (Å²) in [6, 6.07) is 14.8. The SMILES string of the molecule is O=C(NC1CCCC1)c1ccnc(N2CCN[C@@H](c3ccccc3)C2)c1. The van der Waals surface area contributed by atoms with Crippen LogP contribution in [0, 0.1) is 0 Å². The fourth-order valence-corrected chi connectivity index (χ4v) is 3.94. The van der Waals surface area contributed by atoms with E-state index in [-0.39, 0.29) is 11.9 Å². The van der Waals surface area contributed by atoms with Crippen molar-refractivity contribution in [3.05, 3.63) is 59.8 Å². The van der Waals surface area contributed by atoms with E-state index in [2.05, 4.69) is 44.8 Å². The second-order valence-corrected chi connectivity index (χ2v) is 7.22. The van der Waals surface area contributed by atoms with E-state index < -0.39 is 0 Å². The summed E-state index contributed by atoms with van der Waals surface area (Å²) < 4.78 is 0. The van der Waals surface area contributed by atoms with Gasteiger partial charge in [-0.05, 0) is 30.5 Å². The Balaban J connectivity index is 1.46. The van der Waals surface area contributed by atoms with E-state index in [0.29, 0.717) is 11.6 Å². The van der Waals surface area contributed by atoms with Gasteiger partial charge < -0.3 is 15.5 Å². The highest BCUT2D eigenvalue weighted by Crippen LogP contribution is 2.22. The summed E-state index contributed by atoms with van der Waals surface area (Å²) in [6.45, 7) is 2.65. The average Bonchev–Trinajstić information content (AvgIpc) is 3.22. The van der Waals surface area contributed by atoms with E-state index in [1.807, 2.05) is 18.2 Å². The van der Waals surface area contributed by atoms with Crippen LogP contribution in [0.1, 0.15) is 47.6 Å². The van der Waals surface area contributed by atoms with Crippen LogP contribution in [0.3, 0.4) is 0 Å². The highest BCUT2D eigenvalue weighted by Gasteiger charge is 2.23. The number of piperazine rings is 1. The van der Waals surface area contributed by atoms with Crippen LogP contribution >= 0.6 is 0 Å². The summed E-state index contributed by atoms with van der Waals surface area (Å²) in [6.07, 6.45) is 6.38. The summed E-state index contributed by atoms with van der Waals surface area (Å²) in [7, 11) is 0. The first-order valence-electron chi connectivity index (χ1n) is 9.60. The number of amides is 1. The number of aromatic nitrogens is 1. The average molecular weight is 350 g/mol. The minimum absolute atomic E-state index is 0.0234. The summed E-state index contributed by atoms with van der Waals surface area (Å²) in [5.41, 5.74) is 1.99. The molecule has 1 saturated carbocycles. The number of carbonyl (C=O) groups is 1. The van der Waals surface area contributed by atoms with E-state index in [4.69, 9.17) is 0 Å². The smallest absolute Gasteiger partial charge is 0.251 e. The second-order valence-electron chi connectivity index (χ2n) is 7.22. The molecule has 2 heterocycles. The van der Waals surface area contributed by atoms with Gasteiger partial charge in [0.15, 0.2) is 0 Å². The van der Waals surface area contributed by atoms with Crippen molar-refractivity contribution < 1.29 is 4.79 Å². The molecule has 26 heavy (non-hydrogen) atoms. The van der Waals surface area contributed by atoms with Gasteiger partial charge in [-0.1, -0.05) is 43.2 Å². The molecule has 0 radical (unpaired) electrons. The molecule has 0 spiro atoms. The van der Waals surface area contributed by atoms with Gasteiger partial charge in [0.2, 0.25) is 0 Å². The third kappa shape index (κ3) is 3.88. The molecule has 1 atom stereocenters. The van der Waals surface area contributed by atoms with Gasteiger partial charge in [0.05, 0.1) is 0 Å². The lowest BCUT2D eigenvalue weighted by atomic mass is 10.0. The number of hydrogen-bond donors (Lipinski definition) is 2. The molecule has 2 fully saturated rings. The largest absolute Gasteiger partial charge is 0.353 e. The molecule has 1 aromatic carbocycles. The van der Waals surface area contributed by atoms with Crippen LogP contribution in [0.5, 0.6) is 0 Å². The summed E-state index contributed by atoms with van der Waals surface area (Å²) >= 11 is 0. The third-order valence-corrected chi connectivity index (χ3v) is 5.40. The van der Waals surface area contributed by atoms with Crippen LogP contribution in [-0.2, 0) is 0 Å². The Bertz CT molecular complexity index is 743. The molecule has 1 saturated heterocycles.